The molecule has 0 heterocycles. The lowest BCUT2D eigenvalue weighted by molar-refractivity contribution is -0.385. The number of carbonyl (C=O) groups excluding carboxylic acids is 2. The molecule has 11 nitrogen and oxygen atoms in total. The second kappa shape index (κ2) is 10.6. The largest absolute Gasteiger partial charge is 0.461 e. The van der Waals surface area contributed by atoms with Crippen LogP contribution in [-0.2, 0) is 9.47 Å². The molecule has 0 fully saturated rings. The van der Waals surface area contributed by atoms with Crippen LogP contribution in [0.4, 0.5) is 11.4 Å². The first-order valence-corrected chi connectivity index (χ1v) is 8.79. The smallest absolute Gasteiger partial charge is 0.338 e. The Labute approximate surface area is 171 Å². The molecule has 0 amide bonds. The highest BCUT2D eigenvalue weighted by molar-refractivity contribution is 5.90. The normalized spacial score (nSPS) is 10.5. The van der Waals surface area contributed by atoms with Gasteiger partial charge in [-0.3, -0.25) is 25.1 Å². The van der Waals surface area contributed by atoms with E-state index in [0.717, 1.165) is 0 Å². The molecule has 0 saturated heterocycles. The lowest BCUT2D eigenvalue weighted by Crippen LogP contribution is -2.28. The molecule has 0 saturated carbocycles. The highest BCUT2D eigenvalue weighted by Gasteiger charge is 2.12. The molecule has 0 aliphatic rings. The van der Waals surface area contributed by atoms with Crippen LogP contribution in [0.5, 0.6) is 0 Å². The van der Waals surface area contributed by atoms with Crippen molar-refractivity contribution in [2.45, 2.75) is 0 Å². The van der Waals surface area contributed by atoms with Crippen molar-refractivity contribution >= 4 is 23.3 Å². The minimum atomic E-state index is -0.595. The number of benzene rings is 2. The minimum absolute atomic E-state index is 0.0859. The molecule has 0 atom stereocenters. The number of ether oxygens (including phenoxy) is 2. The molecule has 158 valence electrons. The summed E-state index contributed by atoms with van der Waals surface area (Å²) in [7, 11) is 1.75. The van der Waals surface area contributed by atoms with Gasteiger partial charge in [-0.15, -0.1) is 0 Å². The summed E-state index contributed by atoms with van der Waals surface area (Å²) < 4.78 is 10.2. The second-order valence-corrected chi connectivity index (χ2v) is 6.18. The van der Waals surface area contributed by atoms with Crippen molar-refractivity contribution < 1.29 is 28.9 Å². The molecule has 0 radical (unpaired) electrons. The molecular formula is C19H19N3O8. The second-order valence-electron chi connectivity index (χ2n) is 6.18. The Bertz CT molecular complexity index is 837. The van der Waals surface area contributed by atoms with Gasteiger partial charge in [-0.1, -0.05) is 0 Å². The molecule has 0 bridgehead atoms. The van der Waals surface area contributed by atoms with Gasteiger partial charge in [-0.05, 0) is 31.3 Å². The van der Waals surface area contributed by atoms with E-state index in [-0.39, 0.29) is 35.7 Å². The van der Waals surface area contributed by atoms with Crippen LogP contribution >= 0.6 is 0 Å². The third-order valence-corrected chi connectivity index (χ3v) is 4.04. The molecule has 2 aromatic rings. The van der Waals surface area contributed by atoms with E-state index in [1.165, 1.54) is 48.5 Å². The van der Waals surface area contributed by atoms with Gasteiger partial charge in [-0.2, -0.15) is 0 Å². The lowest BCUT2D eigenvalue weighted by Gasteiger charge is -2.16. The molecule has 2 rings (SSSR count). The number of nitro benzene ring substituents is 2. The third kappa shape index (κ3) is 6.63. The van der Waals surface area contributed by atoms with Crippen LogP contribution in [0.25, 0.3) is 0 Å². The fourth-order valence-corrected chi connectivity index (χ4v) is 2.31. The Morgan fingerprint density at radius 1 is 0.767 bits per heavy atom. The number of hydrogen-bond acceptors (Lipinski definition) is 9. The van der Waals surface area contributed by atoms with Crippen LogP contribution in [0.15, 0.2) is 48.5 Å². The standard InChI is InChI=1S/C19H19N3O8/c1-20(10-12-29-18(23)14-2-6-16(7-3-14)21(25)26)11-13-30-19(24)15-4-8-17(9-5-15)22(27)28/h2-9H,10-13H2,1H3. The zero-order valence-electron chi connectivity index (χ0n) is 16.1. The number of nitrogens with zero attached hydrogens (tertiary/aromatic N) is 3. The SMILES string of the molecule is CN(CCOC(=O)c1ccc([N+](=O)[O-])cc1)CCOC(=O)c1ccc([N+](=O)[O-])cc1. The summed E-state index contributed by atoms with van der Waals surface area (Å²) in [6, 6.07) is 10.2. The predicted octanol–water partition coefficient (Wildman–Crippen LogP) is 2.45. The zero-order valence-corrected chi connectivity index (χ0v) is 16.1. The third-order valence-electron chi connectivity index (χ3n) is 4.04. The molecule has 2 aromatic carbocycles. The highest BCUT2D eigenvalue weighted by atomic mass is 16.6. The maximum atomic E-state index is 11.9. The molecule has 0 unspecified atom stereocenters. The molecule has 0 aliphatic carbocycles. The number of likely N-dealkylation sites (N-methyl/N-ethyl adjacent to an activating group) is 1. The molecule has 30 heavy (non-hydrogen) atoms. The molecule has 0 spiro atoms. The van der Waals surface area contributed by atoms with E-state index >= 15 is 0 Å². The summed E-state index contributed by atoms with van der Waals surface area (Å²) in [5, 5.41) is 21.2. The van der Waals surface area contributed by atoms with Crippen LogP contribution in [0, 0.1) is 20.2 Å². The molecule has 0 N–H and O–H groups in total. The van der Waals surface area contributed by atoms with E-state index in [2.05, 4.69) is 0 Å². The van der Waals surface area contributed by atoms with Gasteiger partial charge >= 0.3 is 11.9 Å². The average molecular weight is 417 g/mol. The number of carbonyl (C=O) groups is 2. The summed E-state index contributed by atoms with van der Waals surface area (Å²) in [4.78, 5) is 45.7. The maximum Gasteiger partial charge on any atom is 0.338 e. The Hall–Kier alpha value is -3.86. The van der Waals surface area contributed by atoms with E-state index in [9.17, 15) is 29.8 Å². The Morgan fingerprint density at radius 3 is 1.40 bits per heavy atom. The van der Waals surface area contributed by atoms with Gasteiger partial charge in [0.25, 0.3) is 11.4 Å². The summed E-state index contributed by atoms with van der Waals surface area (Å²) in [5.74, 6) is -1.19. The Balaban J connectivity index is 1.67. The van der Waals surface area contributed by atoms with Crippen molar-refractivity contribution in [2.75, 3.05) is 33.4 Å². The first kappa shape index (κ1) is 22.4. The topological polar surface area (TPSA) is 142 Å². The molecule has 0 aliphatic heterocycles. The zero-order chi connectivity index (χ0) is 22.1. The van der Waals surface area contributed by atoms with Crippen molar-refractivity contribution in [1.82, 2.24) is 4.90 Å². The van der Waals surface area contributed by atoms with Crippen molar-refractivity contribution in [1.29, 1.82) is 0 Å². The Kier molecular flexibility index (Phi) is 7.94. The van der Waals surface area contributed by atoms with E-state index in [1.54, 1.807) is 11.9 Å². The van der Waals surface area contributed by atoms with Gasteiger partial charge < -0.3 is 9.47 Å². The summed E-state index contributed by atoms with van der Waals surface area (Å²) in [6.45, 7) is 0.937. The van der Waals surface area contributed by atoms with E-state index < -0.39 is 21.8 Å². The van der Waals surface area contributed by atoms with Gasteiger partial charge in [0.15, 0.2) is 0 Å². The van der Waals surface area contributed by atoms with Crippen molar-refractivity contribution in [3.63, 3.8) is 0 Å². The monoisotopic (exact) mass is 417 g/mol. The number of non-ortho nitro benzene ring substituents is 2. The molecular weight excluding hydrogens is 398 g/mol. The van der Waals surface area contributed by atoms with Gasteiger partial charge in [-0.25, -0.2) is 9.59 Å². The number of rotatable bonds is 10. The number of esters is 2. The van der Waals surface area contributed by atoms with Gasteiger partial charge in [0.2, 0.25) is 0 Å². The van der Waals surface area contributed by atoms with Crippen LogP contribution in [0.1, 0.15) is 20.7 Å². The predicted molar refractivity (Wildman–Crippen MR) is 104 cm³/mol. The van der Waals surface area contributed by atoms with Crippen molar-refractivity contribution in [2.24, 2.45) is 0 Å². The van der Waals surface area contributed by atoms with Crippen molar-refractivity contribution in [3.05, 3.63) is 79.9 Å². The van der Waals surface area contributed by atoms with Crippen LogP contribution in [0.3, 0.4) is 0 Å². The van der Waals surface area contributed by atoms with Gasteiger partial charge in [0.05, 0.1) is 21.0 Å². The summed E-state index contributed by atoms with van der Waals surface area (Å²) >= 11 is 0. The van der Waals surface area contributed by atoms with Gasteiger partial charge in [0, 0.05) is 37.4 Å². The van der Waals surface area contributed by atoms with Crippen molar-refractivity contribution in [3.8, 4) is 0 Å². The van der Waals surface area contributed by atoms with E-state index in [1.807, 2.05) is 0 Å². The Morgan fingerprint density at radius 2 is 1.10 bits per heavy atom. The fourth-order valence-electron chi connectivity index (χ4n) is 2.31. The summed E-state index contributed by atoms with van der Waals surface area (Å²) in [6.07, 6.45) is 0. The lowest BCUT2D eigenvalue weighted by atomic mass is 10.2. The van der Waals surface area contributed by atoms with Crippen LogP contribution < -0.4 is 0 Å². The first-order chi connectivity index (χ1) is 14.3. The minimum Gasteiger partial charge on any atom is -0.461 e. The number of hydrogen-bond donors (Lipinski definition) is 0. The van der Waals surface area contributed by atoms with Crippen LogP contribution in [-0.4, -0.2) is 60.0 Å². The summed E-state index contributed by atoms with van der Waals surface area (Å²) in [5.41, 5.74) is 0.185. The average Bonchev–Trinajstić information content (AvgIpc) is 2.73. The maximum absolute atomic E-state index is 11.9. The van der Waals surface area contributed by atoms with E-state index in [0.29, 0.717) is 13.1 Å². The highest BCUT2D eigenvalue weighted by Crippen LogP contribution is 2.13. The molecule has 11 heteroatoms. The van der Waals surface area contributed by atoms with Crippen LogP contribution in [0.2, 0.25) is 0 Å². The van der Waals surface area contributed by atoms with Gasteiger partial charge in [0.1, 0.15) is 13.2 Å². The molecule has 0 aromatic heterocycles. The first-order valence-electron chi connectivity index (χ1n) is 8.79. The fraction of sp³-hybridized carbons (Fsp3) is 0.263. The number of nitro groups is 2. The quantitative estimate of drug-likeness (QED) is 0.323. The van der Waals surface area contributed by atoms with E-state index in [4.69, 9.17) is 9.47 Å².